The third kappa shape index (κ3) is 5.27. The minimum absolute atomic E-state index is 0.189. The summed E-state index contributed by atoms with van der Waals surface area (Å²) in [4.78, 5) is 15.9. The lowest BCUT2D eigenvalue weighted by molar-refractivity contribution is 0.0696. The molecule has 5 nitrogen and oxygen atoms in total. The lowest BCUT2D eigenvalue weighted by Gasteiger charge is -2.35. The van der Waals surface area contributed by atoms with Crippen molar-refractivity contribution >= 4 is 34.9 Å². The Morgan fingerprint density at radius 1 is 1.25 bits per heavy atom. The zero-order chi connectivity index (χ0) is 22.7. The van der Waals surface area contributed by atoms with E-state index in [4.69, 9.17) is 14.8 Å². The molecule has 1 aromatic heterocycles. The molecule has 1 heterocycles. The number of aromatic nitrogens is 1. The number of methoxy groups -OCH3 is 1. The van der Waals surface area contributed by atoms with Crippen molar-refractivity contribution in [3.63, 3.8) is 0 Å². The van der Waals surface area contributed by atoms with E-state index in [9.17, 15) is 4.79 Å². The molecule has 1 unspecified atom stereocenters. The van der Waals surface area contributed by atoms with Gasteiger partial charge < -0.3 is 14.6 Å². The topological polar surface area (TPSA) is 71.5 Å². The van der Waals surface area contributed by atoms with Crippen LogP contribution < -0.4 is 9.46 Å². The maximum atomic E-state index is 11.1. The van der Waals surface area contributed by atoms with Crippen LogP contribution in [0.25, 0.3) is 10.6 Å². The molecule has 7 heteroatoms. The molecule has 0 saturated heterocycles. The van der Waals surface area contributed by atoms with Crippen LogP contribution in [0.4, 0.5) is 5.69 Å². The number of rotatable bonds is 7. The first-order valence-corrected chi connectivity index (χ1v) is 12.4. The average Bonchev–Trinajstić information content (AvgIpc) is 3.26. The van der Waals surface area contributed by atoms with Gasteiger partial charge in [0.25, 0.3) is 0 Å². The molecule has 2 N–H and O–H groups in total. The summed E-state index contributed by atoms with van der Waals surface area (Å²) in [5, 5.41) is 13.0. The Hall–Kier alpha value is -2.51. The van der Waals surface area contributed by atoms with Gasteiger partial charge in [-0.25, -0.2) is 9.78 Å². The Balaban J connectivity index is 1.41. The number of carboxylic acids is 1. The molecule has 168 valence electrons. The molecule has 0 bridgehead atoms. The van der Waals surface area contributed by atoms with Gasteiger partial charge in [0, 0.05) is 22.9 Å². The van der Waals surface area contributed by atoms with Crippen molar-refractivity contribution in [2.75, 3.05) is 11.8 Å². The second-order valence-corrected chi connectivity index (χ2v) is 10.7. The molecule has 0 aliphatic heterocycles. The van der Waals surface area contributed by atoms with Crippen LogP contribution in [-0.4, -0.2) is 23.2 Å². The average molecular weight is 469 g/mol. The predicted molar refractivity (Wildman–Crippen MR) is 132 cm³/mol. The van der Waals surface area contributed by atoms with Crippen molar-refractivity contribution in [2.24, 2.45) is 5.41 Å². The van der Waals surface area contributed by atoms with Crippen molar-refractivity contribution in [1.82, 2.24) is 4.98 Å². The molecule has 1 atom stereocenters. The van der Waals surface area contributed by atoms with E-state index < -0.39 is 5.97 Å². The number of thiazole rings is 1. The van der Waals surface area contributed by atoms with Crippen molar-refractivity contribution < 1.29 is 14.6 Å². The molecule has 1 fully saturated rings. The van der Waals surface area contributed by atoms with Crippen molar-refractivity contribution in [2.45, 2.75) is 50.5 Å². The zero-order valence-electron chi connectivity index (χ0n) is 18.6. The lowest BCUT2D eigenvalue weighted by atomic mass is 9.70. The second-order valence-electron chi connectivity index (χ2n) is 8.99. The predicted octanol–water partition coefficient (Wildman–Crippen LogP) is 7.32. The Kier molecular flexibility index (Phi) is 6.76. The highest BCUT2D eigenvalue weighted by atomic mass is 32.2. The maximum absolute atomic E-state index is 11.1. The fourth-order valence-corrected chi connectivity index (χ4v) is 5.94. The van der Waals surface area contributed by atoms with Crippen molar-refractivity contribution in [1.29, 1.82) is 0 Å². The van der Waals surface area contributed by atoms with Crippen LogP contribution in [-0.2, 0) is 0 Å². The summed E-state index contributed by atoms with van der Waals surface area (Å²) in [6.45, 7) is 4.76. The molecule has 3 aromatic rings. The van der Waals surface area contributed by atoms with E-state index in [0.29, 0.717) is 22.8 Å². The van der Waals surface area contributed by atoms with E-state index >= 15 is 0 Å². The van der Waals surface area contributed by atoms with E-state index in [1.165, 1.54) is 56.4 Å². The number of benzene rings is 2. The van der Waals surface area contributed by atoms with Crippen LogP contribution in [0, 0.1) is 5.41 Å². The first-order chi connectivity index (χ1) is 15.3. The summed E-state index contributed by atoms with van der Waals surface area (Å²) < 4.78 is 8.53. The van der Waals surface area contributed by atoms with Gasteiger partial charge in [-0.3, -0.25) is 0 Å². The Morgan fingerprint density at radius 3 is 2.72 bits per heavy atom. The molecular weight excluding hydrogens is 440 g/mol. The normalized spacial score (nSPS) is 17.7. The Labute approximate surface area is 197 Å². The molecule has 1 aliphatic carbocycles. The van der Waals surface area contributed by atoms with E-state index in [-0.39, 0.29) is 5.56 Å². The molecular formula is C25H28N2O3S2. The highest BCUT2D eigenvalue weighted by molar-refractivity contribution is 8.00. The summed E-state index contributed by atoms with van der Waals surface area (Å²) in [6, 6.07) is 13.7. The van der Waals surface area contributed by atoms with Crippen LogP contribution in [0.1, 0.15) is 61.4 Å². The summed E-state index contributed by atoms with van der Waals surface area (Å²) >= 11 is 2.99. The number of carbonyl (C=O) groups is 1. The Bertz CT molecular complexity index is 1090. The van der Waals surface area contributed by atoms with Gasteiger partial charge >= 0.3 is 5.97 Å². The highest BCUT2D eigenvalue weighted by Crippen LogP contribution is 2.43. The first-order valence-electron chi connectivity index (χ1n) is 10.7. The maximum Gasteiger partial charge on any atom is 0.335 e. The third-order valence-corrected chi connectivity index (χ3v) is 7.81. The van der Waals surface area contributed by atoms with E-state index in [1.54, 1.807) is 23.5 Å². The molecule has 0 spiro atoms. The molecule has 0 amide bonds. The third-order valence-electron chi connectivity index (χ3n) is 6.03. The molecule has 32 heavy (non-hydrogen) atoms. The van der Waals surface area contributed by atoms with Crippen LogP contribution >= 0.6 is 23.3 Å². The summed E-state index contributed by atoms with van der Waals surface area (Å²) in [7, 11) is 1.52. The molecule has 4 rings (SSSR count). The van der Waals surface area contributed by atoms with Gasteiger partial charge in [0.2, 0.25) is 0 Å². The first kappa shape index (κ1) is 22.7. The van der Waals surface area contributed by atoms with Gasteiger partial charge in [0.1, 0.15) is 15.8 Å². The summed E-state index contributed by atoms with van der Waals surface area (Å²) in [6.07, 6.45) is 5.17. The minimum atomic E-state index is -0.982. The standard InChI is InChI=1S/C25H28N2O3S2/c1-25(2)12-4-5-19(14-25)16-6-8-17(9-7-16)23-26-22(15-31-23)32-27-20-11-10-18(24(28)29)13-21(20)30-3/h6-11,13,15,19,27H,4-5,12,14H2,1-3H3,(H,28,29). The van der Waals surface area contributed by atoms with Crippen LogP contribution in [0.3, 0.4) is 0 Å². The van der Waals surface area contributed by atoms with E-state index in [1.807, 2.05) is 5.38 Å². The number of hydrogen-bond acceptors (Lipinski definition) is 6. The van der Waals surface area contributed by atoms with Crippen molar-refractivity contribution in [3.8, 4) is 16.3 Å². The molecule has 1 aliphatic rings. The van der Waals surface area contributed by atoms with Gasteiger partial charge in [0.15, 0.2) is 0 Å². The summed E-state index contributed by atoms with van der Waals surface area (Å²) in [5.74, 6) is 0.154. The van der Waals surface area contributed by atoms with Gasteiger partial charge in [-0.15, -0.1) is 11.3 Å². The molecule has 2 aromatic carbocycles. The molecule has 0 radical (unpaired) electrons. The van der Waals surface area contributed by atoms with Crippen LogP contribution in [0.5, 0.6) is 5.75 Å². The van der Waals surface area contributed by atoms with E-state index in [2.05, 4.69) is 42.8 Å². The summed E-state index contributed by atoms with van der Waals surface area (Å²) in [5.41, 5.74) is 3.90. The number of carboxylic acid groups (broad SMARTS) is 1. The zero-order valence-corrected chi connectivity index (χ0v) is 20.2. The monoisotopic (exact) mass is 468 g/mol. The van der Waals surface area contributed by atoms with Crippen LogP contribution in [0.15, 0.2) is 52.9 Å². The number of aromatic carboxylic acids is 1. The molecule has 1 saturated carbocycles. The number of ether oxygens (including phenoxy) is 1. The number of hydrogen-bond donors (Lipinski definition) is 2. The quantitative estimate of drug-likeness (QED) is 0.354. The number of anilines is 1. The van der Waals surface area contributed by atoms with E-state index in [0.717, 1.165) is 15.6 Å². The van der Waals surface area contributed by atoms with Gasteiger partial charge in [-0.2, -0.15) is 0 Å². The number of nitrogens with one attached hydrogen (secondary N) is 1. The van der Waals surface area contributed by atoms with Crippen LogP contribution in [0.2, 0.25) is 0 Å². The highest BCUT2D eigenvalue weighted by Gasteiger charge is 2.28. The largest absolute Gasteiger partial charge is 0.495 e. The second kappa shape index (κ2) is 9.55. The minimum Gasteiger partial charge on any atom is -0.495 e. The van der Waals surface area contributed by atoms with Gasteiger partial charge in [-0.1, -0.05) is 44.5 Å². The fourth-order valence-electron chi connectivity index (χ4n) is 4.33. The van der Waals surface area contributed by atoms with Crippen molar-refractivity contribution in [3.05, 3.63) is 59.0 Å². The number of nitrogens with zero attached hydrogens (tertiary/aromatic N) is 1. The van der Waals surface area contributed by atoms with Gasteiger partial charge in [0.05, 0.1) is 18.4 Å². The SMILES string of the molecule is COc1cc(C(=O)O)ccc1NSc1csc(-c2ccc(C3CCCC(C)(C)C3)cc2)n1. The lowest BCUT2D eigenvalue weighted by Crippen LogP contribution is -2.21. The van der Waals surface area contributed by atoms with Gasteiger partial charge in [-0.05, 0) is 54.4 Å². The Morgan fingerprint density at radius 2 is 2.03 bits per heavy atom. The fraction of sp³-hybridized carbons (Fsp3) is 0.360. The smallest absolute Gasteiger partial charge is 0.335 e.